The second kappa shape index (κ2) is 4.12. The maximum atomic E-state index is 10.9. The molecule has 1 aliphatic carbocycles. The van der Waals surface area contributed by atoms with E-state index in [0.29, 0.717) is 5.92 Å². The number of H-pyrrole nitrogens is 1. The summed E-state index contributed by atoms with van der Waals surface area (Å²) < 4.78 is 0. The molecule has 2 aromatic rings. The Balaban J connectivity index is 1.95. The highest BCUT2D eigenvalue weighted by Crippen LogP contribution is 2.39. The molecule has 0 radical (unpaired) electrons. The third kappa shape index (κ3) is 1.98. The fraction of sp³-hybridized carbons (Fsp3) is 0.429. The first-order valence-corrected chi connectivity index (χ1v) is 6.36. The van der Waals surface area contributed by atoms with Crippen molar-refractivity contribution in [3.05, 3.63) is 29.5 Å². The van der Waals surface area contributed by atoms with Crippen LogP contribution in [0.5, 0.6) is 0 Å². The highest BCUT2D eigenvalue weighted by atomic mass is 16.4. The van der Waals surface area contributed by atoms with Crippen molar-refractivity contribution >= 4 is 16.9 Å². The van der Waals surface area contributed by atoms with E-state index in [1.807, 2.05) is 6.07 Å². The Kier molecular flexibility index (Phi) is 2.58. The molecule has 1 unspecified atom stereocenters. The zero-order valence-corrected chi connectivity index (χ0v) is 10.3. The van der Waals surface area contributed by atoms with Crippen molar-refractivity contribution in [3.8, 4) is 0 Å². The molecule has 1 saturated carbocycles. The van der Waals surface area contributed by atoms with E-state index >= 15 is 0 Å². The van der Waals surface area contributed by atoms with Crippen LogP contribution < -0.4 is 0 Å². The number of hydrogen-bond acceptors (Lipinski definition) is 2. The van der Waals surface area contributed by atoms with Gasteiger partial charge in [-0.1, -0.05) is 25.8 Å². The molecule has 1 aromatic carbocycles. The predicted octanol–water partition coefficient (Wildman–Crippen LogP) is 3.16. The molecule has 1 heterocycles. The van der Waals surface area contributed by atoms with E-state index in [9.17, 15) is 4.79 Å². The largest absolute Gasteiger partial charge is 0.478 e. The van der Waals surface area contributed by atoms with Gasteiger partial charge in [0.15, 0.2) is 0 Å². The molecule has 2 N–H and O–H groups in total. The first-order valence-electron chi connectivity index (χ1n) is 6.36. The fourth-order valence-electron chi connectivity index (χ4n) is 2.51. The van der Waals surface area contributed by atoms with Crippen LogP contribution in [0.2, 0.25) is 0 Å². The van der Waals surface area contributed by atoms with Crippen molar-refractivity contribution in [3.63, 3.8) is 0 Å². The van der Waals surface area contributed by atoms with Gasteiger partial charge in [-0.15, -0.1) is 0 Å². The van der Waals surface area contributed by atoms with Gasteiger partial charge in [0.25, 0.3) is 0 Å². The lowest BCUT2D eigenvalue weighted by atomic mass is 9.97. The third-order valence-corrected chi connectivity index (χ3v) is 3.71. The van der Waals surface area contributed by atoms with Crippen molar-refractivity contribution in [2.24, 2.45) is 5.92 Å². The van der Waals surface area contributed by atoms with Crippen LogP contribution in [0.4, 0.5) is 0 Å². The van der Waals surface area contributed by atoms with Crippen LogP contribution in [0, 0.1) is 5.92 Å². The van der Waals surface area contributed by atoms with Crippen LogP contribution in [0.1, 0.15) is 48.2 Å². The molecule has 4 heteroatoms. The molecule has 1 fully saturated rings. The number of aromatic amines is 1. The minimum Gasteiger partial charge on any atom is -0.478 e. The summed E-state index contributed by atoms with van der Waals surface area (Å²) in [6.07, 6.45) is 3.89. The second-order valence-corrected chi connectivity index (χ2v) is 5.25. The van der Waals surface area contributed by atoms with Crippen molar-refractivity contribution in [2.75, 3.05) is 0 Å². The van der Waals surface area contributed by atoms with Gasteiger partial charge in [-0.25, -0.2) is 4.79 Å². The molecule has 0 bridgehead atoms. The number of aromatic carboxylic acids is 1. The lowest BCUT2D eigenvalue weighted by Crippen LogP contribution is -1.97. The van der Waals surface area contributed by atoms with Crippen molar-refractivity contribution in [1.82, 2.24) is 10.2 Å². The monoisotopic (exact) mass is 244 g/mol. The Bertz CT molecular complexity index is 599. The average molecular weight is 244 g/mol. The van der Waals surface area contributed by atoms with E-state index in [-0.39, 0.29) is 5.56 Å². The molecular weight excluding hydrogens is 228 g/mol. The lowest BCUT2D eigenvalue weighted by molar-refractivity contribution is 0.0697. The summed E-state index contributed by atoms with van der Waals surface area (Å²) >= 11 is 0. The number of nitrogens with one attached hydrogen (secondary N) is 1. The summed E-state index contributed by atoms with van der Waals surface area (Å²) in [5.74, 6) is 0.419. The van der Waals surface area contributed by atoms with Gasteiger partial charge in [0.2, 0.25) is 0 Å². The number of benzene rings is 1. The molecule has 18 heavy (non-hydrogen) atoms. The van der Waals surface area contributed by atoms with Crippen molar-refractivity contribution in [1.29, 1.82) is 0 Å². The normalized spacial score (nSPS) is 16.9. The van der Waals surface area contributed by atoms with Gasteiger partial charge in [-0.2, -0.15) is 5.10 Å². The van der Waals surface area contributed by atoms with Crippen molar-refractivity contribution < 1.29 is 9.90 Å². The predicted molar refractivity (Wildman–Crippen MR) is 68.8 cm³/mol. The molecular formula is C14H16N2O2. The van der Waals surface area contributed by atoms with E-state index in [1.165, 1.54) is 19.3 Å². The van der Waals surface area contributed by atoms with Gasteiger partial charge in [-0.05, 0) is 30.4 Å². The fourth-order valence-corrected chi connectivity index (χ4v) is 2.51. The highest BCUT2D eigenvalue weighted by Gasteiger charge is 2.25. The summed E-state index contributed by atoms with van der Waals surface area (Å²) in [5.41, 5.74) is 2.16. The number of hydrogen-bond donors (Lipinski definition) is 2. The van der Waals surface area contributed by atoms with Crippen LogP contribution in [0.3, 0.4) is 0 Å². The number of nitrogens with zero attached hydrogens (tertiary/aromatic N) is 1. The Labute approximate surface area is 105 Å². The molecule has 94 valence electrons. The van der Waals surface area contributed by atoms with E-state index in [4.69, 9.17) is 5.11 Å². The van der Waals surface area contributed by atoms with Gasteiger partial charge >= 0.3 is 5.97 Å². The Morgan fingerprint density at radius 3 is 3.00 bits per heavy atom. The molecule has 0 aliphatic heterocycles. The zero-order valence-electron chi connectivity index (χ0n) is 10.3. The first kappa shape index (κ1) is 11.3. The van der Waals surface area contributed by atoms with Gasteiger partial charge < -0.3 is 5.11 Å². The van der Waals surface area contributed by atoms with Crippen LogP contribution in [-0.2, 0) is 0 Å². The third-order valence-electron chi connectivity index (χ3n) is 3.71. The maximum Gasteiger partial charge on any atom is 0.335 e. The van der Waals surface area contributed by atoms with E-state index < -0.39 is 5.97 Å². The standard InChI is InChI=1S/C14H16N2O2/c1-8(6-9-2-3-9)13-11-5-4-10(14(17)18)7-12(11)15-16-13/h4-5,7-9H,2-3,6H2,1H3,(H,15,16)(H,17,18). The van der Waals surface area contributed by atoms with Gasteiger partial charge in [0.05, 0.1) is 11.1 Å². The lowest BCUT2D eigenvalue weighted by Gasteiger charge is -2.08. The molecule has 1 atom stereocenters. The summed E-state index contributed by atoms with van der Waals surface area (Å²) in [6.45, 7) is 2.20. The second-order valence-electron chi connectivity index (χ2n) is 5.25. The van der Waals surface area contributed by atoms with Gasteiger partial charge in [-0.3, -0.25) is 5.10 Å². The smallest absolute Gasteiger partial charge is 0.335 e. The molecule has 3 rings (SSSR count). The summed E-state index contributed by atoms with van der Waals surface area (Å²) in [7, 11) is 0. The molecule has 1 aromatic heterocycles. The molecule has 4 nitrogen and oxygen atoms in total. The van der Waals surface area contributed by atoms with Gasteiger partial charge in [0, 0.05) is 11.1 Å². The number of rotatable bonds is 4. The number of carbonyl (C=O) groups is 1. The van der Waals surface area contributed by atoms with Crippen LogP contribution in [0.15, 0.2) is 18.2 Å². The molecule has 0 spiro atoms. The minimum absolute atomic E-state index is 0.287. The van der Waals surface area contributed by atoms with E-state index in [2.05, 4.69) is 17.1 Å². The van der Waals surface area contributed by atoms with E-state index in [0.717, 1.165) is 22.5 Å². The first-order chi connectivity index (χ1) is 8.65. The van der Waals surface area contributed by atoms with Crippen LogP contribution in [0.25, 0.3) is 10.9 Å². The summed E-state index contributed by atoms with van der Waals surface area (Å²) in [6, 6.07) is 5.13. The Morgan fingerprint density at radius 1 is 1.56 bits per heavy atom. The van der Waals surface area contributed by atoms with E-state index in [1.54, 1.807) is 12.1 Å². The van der Waals surface area contributed by atoms with Crippen LogP contribution in [-0.4, -0.2) is 21.3 Å². The zero-order chi connectivity index (χ0) is 12.7. The van der Waals surface area contributed by atoms with Crippen LogP contribution >= 0.6 is 0 Å². The minimum atomic E-state index is -0.910. The highest BCUT2D eigenvalue weighted by molar-refractivity contribution is 5.93. The maximum absolute atomic E-state index is 10.9. The topological polar surface area (TPSA) is 66.0 Å². The SMILES string of the molecule is CC(CC1CC1)c1[nH]nc2cc(C(=O)O)ccc12. The molecule has 0 saturated heterocycles. The Morgan fingerprint density at radius 2 is 2.33 bits per heavy atom. The number of carboxylic acids is 1. The Hall–Kier alpha value is -1.84. The number of aromatic nitrogens is 2. The quantitative estimate of drug-likeness (QED) is 0.868. The molecule has 1 aliphatic rings. The number of fused-ring (bicyclic) bond motifs is 1. The molecule has 0 amide bonds. The number of carboxylic acid groups (broad SMARTS) is 1. The average Bonchev–Trinajstić information content (AvgIpc) is 3.05. The van der Waals surface area contributed by atoms with Gasteiger partial charge in [0.1, 0.15) is 0 Å². The van der Waals surface area contributed by atoms with Crippen molar-refractivity contribution in [2.45, 2.75) is 32.1 Å². The summed E-state index contributed by atoms with van der Waals surface area (Å²) in [5, 5.41) is 17.3. The summed E-state index contributed by atoms with van der Waals surface area (Å²) in [4.78, 5) is 10.9.